The second kappa shape index (κ2) is 6.84. The van der Waals surface area contributed by atoms with Crippen molar-refractivity contribution < 1.29 is 13.2 Å². The van der Waals surface area contributed by atoms with Crippen LogP contribution in [0.3, 0.4) is 0 Å². The third kappa shape index (κ3) is 3.44. The van der Waals surface area contributed by atoms with Gasteiger partial charge in [0.15, 0.2) is 0 Å². The molecule has 2 aromatic heterocycles. The first-order chi connectivity index (χ1) is 12.8. The number of hydrogen-bond donors (Lipinski definition) is 1. The lowest BCUT2D eigenvalue weighted by molar-refractivity contribution is -0.141. The van der Waals surface area contributed by atoms with Crippen molar-refractivity contribution in [2.45, 2.75) is 38.5 Å². The maximum Gasteiger partial charge on any atom is 0.433 e. The molecule has 3 heterocycles. The number of fused-ring (bicyclic) bond motifs is 3. The van der Waals surface area contributed by atoms with Crippen molar-refractivity contribution in [1.29, 1.82) is 0 Å². The molecule has 27 heavy (non-hydrogen) atoms. The molecule has 1 unspecified atom stereocenters. The van der Waals surface area contributed by atoms with Crippen molar-refractivity contribution in [2.24, 2.45) is 0 Å². The summed E-state index contributed by atoms with van der Waals surface area (Å²) in [6.45, 7) is 3.73. The van der Waals surface area contributed by atoms with Crippen LogP contribution in [0.25, 0.3) is 10.9 Å². The molecule has 1 aliphatic rings. The number of nitrogens with one attached hydrogen (secondary N) is 1. The van der Waals surface area contributed by atoms with Crippen LogP contribution < -0.4 is 5.32 Å². The molecule has 142 valence electrons. The van der Waals surface area contributed by atoms with Crippen LogP contribution in [-0.2, 0) is 25.6 Å². The van der Waals surface area contributed by atoms with E-state index in [9.17, 15) is 13.2 Å². The topological polar surface area (TPSA) is 29.9 Å². The van der Waals surface area contributed by atoms with Gasteiger partial charge in [-0.2, -0.15) is 13.2 Å². The van der Waals surface area contributed by atoms with Crippen LogP contribution in [-0.4, -0.2) is 16.1 Å². The van der Waals surface area contributed by atoms with Gasteiger partial charge in [-0.3, -0.25) is 4.98 Å². The van der Waals surface area contributed by atoms with Crippen LogP contribution in [0.15, 0.2) is 36.5 Å². The summed E-state index contributed by atoms with van der Waals surface area (Å²) in [6.07, 6.45) is -1.55. The summed E-state index contributed by atoms with van der Waals surface area (Å²) >= 11 is 6.21. The third-order valence-corrected chi connectivity index (χ3v) is 5.40. The molecule has 0 spiro atoms. The number of rotatable bonds is 3. The molecule has 0 bridgehead atoms. The van der Waals surface area contributed by atoms with E-state index in [2.05, 4.69) is 21.8 Å². The Labute approximate surface area is 160 Å². The van der Waals surface area contributed by atoms with Gasteiger partial charge < -0.3 is 9.88 Å². The van der Waals surface area contributed by atoms with E-state index in [1.165, 1.54) is 23.5 Å². The number of aromatic nitrogens is 2. The van der Waals surface area contributed by atoms with E-state index in [0.717, 1.165) is 35.5 Å². The molecule has 0 saturated carbocycles. The van der Waals surface area contributed by atoms with Crippen LogP contribution in [0.5, 0.6) is 0 Å². The van der Waals surface area contributed by atoms with Gasteiger partial charge >= 0.3 is 6.18 Å². The highest BCUT2D eigenvalue weighted by Gasteiger charge is 2.32. The minimum atomic E-state index is -4.41. The van der Waals surface area contributed by atoms with Gasteiger partial charge in [0, 0.05) is 53.4 Å². The van der Waals surface area contributed by atoms with E-state index >= 15 is 0 Å². The van der Waals surface area contributed by atoms with E-state index in [0.29, 0.717) is 18.0 Å². The lowest BCUT2D eigenvalue weighted by Gasteiger charge is -2.23. The molecule has 0 aliphatic carbocycles. The smallest absolute Gasteiger partial charge is 0.344 e. The molecule has 1 atom stereocenters. The minimum absolute atomic E-state index is 0.240. The SMILES string of the molecule is CC1NCCc2c1c1cc(Cl)ccc1n2CCc1ccc(C(F)(F)F)nc1. The third-order valence-electron chi connectivity index (χ3n) is 5.16. The Morgan fingerprint density at radius 1 is 1.26 bits per heavy atom. The summed E-state index contributed by atoms with van der Waals surface area (Å²) in [6, 6.07) is 8.69. The first kappa shape index (κ1) is 18.3. The molecule has 7 heteroatoms. The zero-order chi connectivity index (χ0) is 19.2. The molecular weight excluding hydrogens is 375 g/mol. The average molecular weight is 394 g/mol. The fourth-order valence-electron chi connectivity index (χ4n) is 3.90. The lowest BCUT2D eigenvalue weighted by Crippen LogP contribution is -2.28. The van der Waals surface area contributed by atoms with Gasteiger partial charge in [-0.15, -0.1) is 0 Å². The summed E-state index contributed by atoms with van der Waals surface area (Å²) in [5.41, 5.74) is 3.58. The summed E-state index contributed by atoms with van der Waals surface area (Å²) in [5.74, 6) is 0. The van der Waals surface area contributed by atoms with Crippen molar-refractivity contribution in [3.05, 3.63) is 64.1 Å². The van der Waals surface area contributed by atoms with Gasteiger partial charge in [-0.1, -0.05) is 17.7 Å². The van der Waals surface area contributed by atoms with Gasteiger partial charge in [-0.05, 0) is 48.7 Å². The van der Waals surface area contributed by atoms with Crippen LogP contribution in [0.2, 0.25) is 5.02 Å². The quantitative estimate of drug-likeness (QED) is 0.666. The maximum atomic E-state index is 12.7. The van der Waals surface area contributed by atoms with Crippen LogP contribution in [0, 0.1) is 0 Å². The van der Waals surface area contributed by atoms with Crippen molar-refractivity contribution in [1.82, 2.24) is 14.9 Å². The van der Waals surface area contributed by atoms with Crippen LogP contribution >= 0.6 is 11.6 Å². The average Bonchev–Trinajstić information content (AvgIpc) is 2.93. The highest BCUT2D eigenvalue weighted by atomic mass is 35.5. The Bertz CT molecular complexity index is 977. The predicted octanol–water partition coefficient (Wildman–Crippen LogP) is 5.16. The largest absolute Gasteiger partial charge is 0.433 e. The molecule has 4 rings (SSSR count). The van der Waals surface area contributed by atoms with E-state index < -0.39 is 11.9 Å². The van der Waals surface area contributed by atoms with Crippen LogP contribution in [0.1, 0.15) is 35.5 Å². The molecular formula is C20H19ClF3N3. The Kier molecular flexibility index (Phi) is 4.64. The Morgan fingerprint density at radius 2 is 2.07 bits per heavy atom. The van der Waals surface area contributed by atoms with Gasteiger partial charge in [-0.25, -0.2) is 0 Å². The predicted molar refractivity (Wildman–Crippen MR) is 100 cm³/mol. The second-order valence-corrected chi connectivity index (χ2v) is 7.34. The van der Waals surface area contributed by atoms with Crippen molar-refractivity contribution >= 4 is 22.5 Å². The molecule has 1 aromatic carbocycles. The standard InChI is InChI=1S/C20H19ClF3N3/c1-12-19-15-10-14(21)3-4-16(15)27(17(19)6-8-25-12)9-7-13-2-5-18(26-11-13)20(22,23)24/h2-5,10-12,25H,6-9H2,1H3. The molecule has 0 fully saturated rings. The van der Waals surface area contributed by atoms with Gasteiger partial charge in [0.1, 0.15) is 5.69 Å². The number of benzene rings is 1. The molecule has 0 amide bonds. The molecule has 1 aliphatic heterocycles. The zero-order valence-electron chi connectivity index (χ0n) is 14.8. The van der Waals surface area contributed by atoms with Crippen LogP contribution in [0.4, 0.5) is 13.2 Å². The summed E-state index contributed by atoms with van der Waals surface area (Å²) in [4.78, 5) is 3.56. The number of alkyl halides is 3. The molecule has 0 radical (unpaired) electrons. The first-order valence-electron chi connectivity index (χ1n) is 8.90. The summed E-state index contributed by atoms with van der Waals surface area (Å²) in [7, 11) is 0. The second-order valence-electron chi connectivity index (χ2n) is 6.90. The van der Waals surface area contributed by atoms with Crippen molar-refractivity contribution in [3.63, 3.8) is 0 Å². The van der Waals surface area contributed by atoms with E-state index in [-0.39, 0.29) is 6.04 Å². The maximum absolute atomic E-state index is 12.7. The normalized spacial score (nSPS) is 17.3. The van der Waals surface area contributed by atoms with Gasteiger partial charge in [0.2, 0.25) is 0 Å². The summed E-state index contributed by atoms with van der Waals surface area (Å²) in [5, 5.41) is 5.33. The summed E-state index contributed by atoms with van der Waals surface area (Å²) < 4.78 is 40.3. The monoisotopic (exact) mass is 393 g/mol. The Morgan fingerprint density at radius 3 is 2.78 bits per heavy atom. The number of halogens is 4. The number of pyridine rings is 1. The highest BCUT2D eigenvalue weighted by molar-refractivity contribution is 6.31. The van der Waals surface area contributed by atoms with E-state index in [4.69, 9.17) is 11.6 Å². The van der Waals surface area contributed by atoms with Gasteiger partial charge in [0.05, 0.1) is 0 Å². The molecule has 3 aromatic rings. The van der Waals surface area contributed by atoms with Crippen molar-refractivity contribution in [2.75, 3.05) is 6.54 Å². The van der Waals surface area contributed by atoms with Gasteiger partial charge in [0.25, 0.3) is 0 Å². The first-order valence-corrected chi connectivity index (χ1v) is 9.28. The fraction of sp³-hybridized carbons (Fsp3) is 0.350. The molecule has 0 saturated heterocycles. The van der Waals surface area contributed by atoms with E-state index in [1.807, 2.05) is 18.2 Å². The fourth-order valence-corrected chi connectivity index (χ4v) is 4.08. The number of aryl methyl sites for hydroxylation is 2. The highest BCUT2D eigenvalue weighted by Crippen LogP contribution is 2.35. The minimum Gasteiger partial charge on any atom is -0.344 e. The zero-order valence-corrected chi connectivity index (χ0v) is 15.5. The Hall–Kier alpha value is -2.05. The van der Waals surface area contributed by atoms with E-state index in [1.54, 1.807) is 0 Å². The van der Waals surface area contributed by atoms with Crippen molar-refractivity contribution in [3.8, 4) is 0 Å². The molecule has 1 N–H and O–H groups in total. The lowest BCUT2D eigenvalue weighted by atomic mass is 9.99. The number of hydrogen-bond acceptors (Lipinski definition) is 2. The Balaban J connectivity index is 1.66. The number of nitrogens with zero attached hydrogens (tertiary/aromatic N) is 2. The molecule has 3 nitrogen and oxygen atoms in total.